The molecule has 0 atom stereocenters. The van der Waals surface area contributed by atoms with Gasteiger partial charge in [-0.05, 0) is 19.1 Å². The summed E-state index contributed by atoms with van der Waals surface area (Å²) in [5, 5.41) is 13.7. The minimum absolute atomic E-state index is 0.422. The van der Waals surface area contributed by atoms with Crippen molar-refractivity contribution in [1.82, 2.24) is 9.78 Å². The summed E-state index contributed by atoms with van der Waals surface area (Å²) in [6, 6.07) is 19.9. The molecular formula is C19H13N5. The quantitative estimate of drug-likeness (QED) is 0.679. The van der Waals surface area contributed by atoms with E-state index in [1.807, 2.05) is 78.5 Å². The van der Waals surface area contributed by atoms with Gasteiger partial charge in [0.15, 0.2) is 5.84 Å². The lowest BCUT2D eigenvalue weighted by atomic mass is 10.0. The summed E-state index contributed by atoms with van der Waals surface area (Å²) in [5.41, 5.74) is 5.20. The van der Waals surface area contributed by atoms with Crippen LogP contribution in [0.15, 0.2) is 70.6 Å². The highest BCUT2D eigenvalue weighted by Gasteiger charge is 2.30. The van der Waals surface area contributed by atoms with Crippen molar-refractivity contribution < 1.29 is 0 Å². The van der Waals surface area contributed by atoms with Gasteiger partial charge in [-0.3, -0.25) is 0 Å². The molecule has 114 valence electrons. The number of fused-ring (bicyclic) bond motifs is 1. The SMILES string of the molecule is CC1=NC(=NC#N)c2c1nn(-c1ccccc1)c2-c1ccccc1. The maximum atomic E-state index is 8.99. The van der Waals surface area contributed by atoms with Crippen molar-refractivity contribution in [3.63, 3.8) is 0 Å². The average Bonchev–Trinajstić information content (AvgIpc) is 3.16. The van der Waals surface area contributed by atoms with Crippen LogP contribution in [-0.2, 0) is 0 Å². The number of para-hydroxylation sites is 1. The fourth-order valence-corrected chi connectivity index (χ4v) is 2.90. The van der Waals surface area contributed by atoms with Crippen LogP contribution in [0, 0.1) is 11.5 Å². The van der Waals surface area contributed by atoms with E-state index in [4.69, 9.17) is 10.4 Å². The summed E-state index contributed by atoms with van der Waals surface area (Å²) in [4.78, 5) is 8.29. The number of aliphatic imine (C=N–C) groups is 2. The molecule has 0 saturated heterocycles. The average molecular weight is 311 g/mol. The Balaban J connectivity index is 2.06. The molecule has 1 aromatic heterocycles. The molecular weight excluding hydrogens is 298 g/mol. The zero-order valence-electron chi connectivity index (χ0n) is 13.0. The van der Waals surface area contributed by atoms with Gasteiger partial charge < -0.3 is 0 Å². The van der Waals surface area contributed by atoms with Crippen LogP contribution in [0.5, 0.6) is 0 Å². The van der Waals surface area contributed by atoms with E-state index in [9.17, 15) is 0 Å². The largest absolute Gasteiger partial charge is 0.232 e. The highest BCUT2D eigenvalue weighted by molar-refractivity contribution is 6.24. The van der Waals surface area contributed by atoms with Crippen LogP contribution in [0.1, 0.15) is 18.2 Å². The molecule has 0 radical (unpaired) electrons. The summed E-state index contributed by atoms with van der Waals surface area (Å²) >= 11 is 0. The zero-order chi connectivity index (χ0) is 16.5. The molecule has 0 unspecified atom stereocenters. The topological polar surface area (TPSA) is 66.3 Å². The van der Waals surface area contributed by atoms with Gasteiger partial charge in [0.2, 0.25) is 6.19 Å². The molecule has 5 nitrogen and oxygen atoms in total. The van der Waals surface area contributed by atoms with Crippen molar-refractivity contribution in [3.8, 4) is 23.1 Å². The lowest BCUT2D eigenvalue weighted by Crippen LogP contribution is -2.03. The van der Waals surface area contributed by atoms with E-state index in [0.717, 1.165) is 33.9 Å². The van der Waals surface area contributed by atoms with E-state index in [1.54, 1.807) is 0 Å². The van der Waals surface area contributed by atoms with Crippen LogP contribution in [0.2, 0.25) is 0 Å². The summed E-state index contributed by atoms with van der Waals surface area (Å²) < 4.78 is 1.89. The van der Waals surface area contributed by atoms with Crippen LogP contribution in [-0.4, -0.2) is 21.3 Å². The van der Waals surface area contributed by atoms with Crippen LogP contribution < -0.4 is 0 Å². The van der Waals surface area contributed by atoms with E-state index in [2.05, 4.69) is 9.98 Å². The van der Waals surface area contributed by atoms with Gasteiger partial charge in [-0.15, -0.1) is 0 Å². The fourth-order valence-electron chi connectivity index (χ4n) is 2.90. The predicted octanol–water partition coefficient (Wildman–Crippen LogP) is 3.59. The number of nitrogens with zero attached hydrogens (tertiary/aromatic N) is 5. The van der Waals surface area contributed by atoms with Crippen LogP contribution in [0.25, 0.3) is 16.9 Å². The molecule has 0 aliphatic carbocycles. The van der Waals surface area contributed by atoms with Crippen molar-refractivity contribution >= 4 is 11.5 Å². The van der Waals surface area contributed by atoms with Gasteiger partial charge in [-0.25, -0.2) is 9.67 Å². The van der Waals surface area contributed by atoms with Gasteiger partial charge in [0.05, 0.1) is 22.7 Å². The molecule has 2 heterocycles. The first-order chi connectivity index (χ1) is 11.8. The highest BCUT2D eigenvalue weighted by atomic mass is 15.3. The fraction of sp³-hybridized carbons (Fsp3) is 0.0526. The lowest BCUT2D eigenvalue weighted by Gasteiger charge is -2.09. The Labute approximate surface area is 139 Å². The number of hydrogen-bond donors (Lipinski definition) is 0. The van der Waals surface area contributed by atoms with E-state index >= 15 is 0 Å². The van der Waals surface area contributed by atoms with Crippen molar-refractivity contribution in [2.24, 2.45) is 9.98 Å². The molecule has 4 rings (SSSR count). The molecule has 0 saturated carbocycles. The molecule has 0 N–H and O–H groups in total. The molecule has 0 bridgehead atoms. The highest BCUT2D eigenvalue weighted by Crippen LogP contribution is 2.33. The molecule has 2 aromatic carbocycles. The molecule has 1 aliphatic heterocycles. The van der Waals surface area contributed by atoms with Gasteiger partial charge in [-0.1, -0.05) is 48.5 Å². The van der Waals surface area contributed by atoms with E-state index in [1.165, 1.54) is 0 Å². The van der Waals surface area contributed by atoms with Gasteiger partial charge in [0.1, 0.15) is 5.69 Å². The number of amidine groups is 1. The van der Waals surface area contributed by atoms with Gasteiger partial charge in [-0.2, -0.15) is 15.4 Å². The standard InChI is InChI=1S/C19H13N5/c1-13-17-16(19(22-13)21-12-20)18(14-8-4-2-5-9-14)24(23-17)15-10-6-3-7-11-15/h2-11H,1H3. The molecule has 24 heavy (non-hydrogen) atoms. The smallest absolute Gasteiger partial charge is 0.207 e. The van der Waals surface area contributed by atoms with Crippen LogP contribution >= 0.6 is 0 Å². The lowest BCUT2D eigenvalue weighted by molar-refractivity contribution is 0.882. The summed E-state index contributed by atoms with van der Waals surface area (Å²) in [7, 11) is 0. The minimum atomic E-state index is 0.422. The third-order valence-corrected chi connectivity index (χ3v) is 3.93. The first kappa shape index (κ1) is 14.1. The number of rotatable bonds is 2. The molecule has 0 amide bonds. The Hall–Kier alpha value is -3.52. The summed E-state index contributed by atoms with van der Waals surface area (Å²) in [6.07, 6.45) is 1.84. The van der Waals surface area contributed by atoms with E-state index in [0.29, 0.717) is 5.84 Å². The van der Waals surface area contributed by atoms with E-state index in [-0.39, 0.29) is 0 Å². The van der Waals surface area contributed by atoms with Gasteiger partial charge >= 0.3 is 0 Å². The monoisotopic (exact) mass is 311 g/mol. The summed E-state index contributed by atoms with van der Waals surface area (Å²) in [6.45, 7) is 1.88. The Bertz CT molecular complexity index is 1010. The Kier molecular flexibility index (Phi) is 3.29. The maximum Gasteiger partial charge on any atom is 0.207 e. The number of nitriles is 1. The first-order valence-corrected chi connectivity index (χ1v) is 7.56. The molecule has 5 heteroatoms. The second-order valence-electron chi connectivity index (χ2n) is 5.42. The van der Waals surface area contributed by atoms with Gasteiger partial charge in [0, 0.05) is 5.56 Å². The Morgan fingerprint density at radius 1 is 1.00 bits per heavy atom. The number of hydrogen-bond acceptors (Lipinski definition) is 3. The minimum Gasteiger partial charge on any atom is -0.232 e. The third kappa shape index (κ3) is 2.13. The second-order valence-corrected chi connectivity index (χ2v) is 5.42. The van der Waals surface area contributed by atoms with E-state index < -0.39 is 0 Å². The molecule has 3 aromatic rings. The van der Waals surface area contributed by atoms with Crippen molar-refractivity contribution in [1.29, 1.82) is 5.26 Å². The van der Waals surface area contributed by atoms with Crippen molar-refractivity contribution in [3.05, 3.63) is 71.9 Å². The second kappa shape index (κ2) is 5.60. The normalized spacial score (nSPS) is 14.3. The predicted molar refractivity (Wildman–Crippen MR) is 93.4 cm³/mol. The number of benzene rings is 2. The molecule has 0 fully saturated rings. The van der Waals surface area contributed by atoms with Crippen LogP contribution in [0.3, 0.4) is 0 Å². The first-order valence-electron chi connectivity index (χ1n) is 7.56. The zero-order valence-corrected chi connectivity index (χ0v) is 13.0. The van der Waals surface area contributed by atoms with Crippen molar-refractivity contribution in [2.75, 3.05) is 0 Å². The third-order valence-electron chi connectivity index (χ3n) is 3.93. The van der Waals surface area contributed by atoms with Crippen LogP contribution in [0.4, 0.5) is 0 Å². The molecule has 0 spiro atoms. The number of aromatic nitrogens is 2. The summed E-state index contributed by atoms with van der Waals surface area (Å²) in [5.74, 6) is 0.422. The maximum absolute atomic E-state index is 8.99. The molecule has 1 aliphatic rings. The Morgan fingerprint density at radius 2 is 1.67 bits per heavy atom. The Morgan fingerprint density at radius 3 is 2.33 bits per heavy atom. The van der Waals surface area contributed by atoms with Crippen molar-refractivity contribution in [2.45, 2.75) is 6.92 Å². The van der Waals surface area contributed by atoms with Gasteiger partial charge in [0.25, 0.3) is 0 Å².